The van der Waals surface area contributed by atoms with Gasteiger partial charge < -0.3 is 5.11 Å². The van der Waals surface area contributed by atoms with E-state index in [1.165, 1.54) is 18.2 Å². The maximum absolute atomic E-state index is 11.6. The highest BCUT2D eigenvalue weighted by atomic mass is 19.3. The Morgan fingerprint density at radius 1 is 1.62 bits per heavy atom. The van der Waals surface area contributed by atoms with E-state index in [0.717, 1.165) is 0 Å². The molecule has 1 aromatic rings. The van der Waals surface area contributed by atoms with Crippen LogP contribution in [-0.4, -0.2) is 11.1 Å². The number of carbonyl (C=O) groups excluding carboxylic acids is 1. The second-order valence-electron chi connectivity index (χ2n) is 2.52. The number of benzene rings is 1. The van der Waals surface area contributed by atoms with Crippen LogP contribution in [-0.2, 0) is 11.4 Å². The minimum absolute atomic E-state index is 0.0228. The zero-order chi connectivity index (χ0) is 9.84. The van der Waals surface area contributed by atoms with Crippen LogP contribution in [0.15, 0.2) is 18.2 Å². The minimum Gasteiger partial charge on any atom is -0.508 e. The number of rotatable bonds is 2. The van der Waals surface area contributed by atoms with Gasteiger partial charge in [-0.15, -0.1) is 0 Å². The molecule has 1 rings (SSSR count). The van der Waals surface area contributed by atoms with E-state index in [4.69, 9.17) is 0 Å². The SMILES string of the molecule is CCc1c(O)cccc1C(=O)OF. The van der Waals surface area contributed by atoms with E-state index in [9.17, 15) is 14.4 Å². The molecule has 0 fully saturated rings. The molecule has 0 unspecified atom stereocenters. The fourth-order valence-electron chi connectivity index (χ4n) is 1.18. The summed E-state index contributed by atoms with van der Waals surface area (Å²) in [6, 6.07) is 4.30. The average Bonchev–Trinajstić information content (AvgIpc) is 2.16. The van der Waals surface area contributed by atoms with Gasteiger partial charge in [0.05, 0.1) is 5.56 Å². The molecule has 3 nitrogen and oxygen atoms in total. The van der Waals surface area contributed by atoms with Gasteiger partial charge >= 0.3 is 5.97 Å². The lowest BCUT2D eigenvalue weighted by Crippen LogP contribution is -2.03. The molecule has 13 heavy (non-hydrogen) atoms. The summed E-state index contributed by atoms with van der Waals surface area (Å²) in [6.07, 6.45) is 0.442. The first kappa shape index (κ1) is 9.51. The quantitative estimate of drug-likeness (QED) is 0.764. The first-order valence-electron chi connectivity index (χ1n) is 3.84. The van der Waals surface area contributed by atoms with Crippen molar-refractivity contribution >= 4 is 5.97 Å². The third kappa shape index (κ3) is 1.77. The van der Waals surface area contributed by atoms with Crippen LogP contribution in [0.25, 0.3) is 0 Å². The van der Waals surface area contributed by atoms with Crippen molar-refractivity contribution in [2.75, 3.05) is 0 Å². The van der Waals surface area contributed by atoms with Crippen LogP contribution in [0.1, 0.15) is 22.8 Å². The number of carbonyl (C=O) groups is 1. The second-order valence-corrected chi connectivity index (χ2v) is 2.52. The molecule has 0 amide bonds. The molecule has 0 atom stereocenters. The van der Waals surface area contributed by atoms with Gasteiger partial charge in [-0.05, 0) is 18.6 Å². The second kappa shape index (κ2) is 3.89. The summed E-state index contributed by atoms with van der Waals surface area (Å²) < 4.78 is 11.6. The molecule has 1 aromatic carbocycles. The topological polar surface area (TPSA) is 46.5 Å². The Bertz CT molecular complexity index is 323. The molecule has 0 saturated heterocycles. The van der Waals surface area contributed by atoms with Crippen LogP contribution in [0, 0.1) is 0 Å². The summed E-state index contributed by atoms with van der Waals surface area (Å²) in [4.78, 5) is 13.9. The van der Waals surface area contributed by atoms with Crippen molar-refractivity contribution < 1.29 is 19.4 Å². The molecule has 1 N–H and O–H groups in total. The van der Waals surface area contributed by atoms with Crippen LogP contribution in [0.4, 0.5) is 4.53 Å². The van der Waals surface area contributed by atoms with E-state index < -0.39 is 5.97 Å². The lowest BCUT2D eigenvalue weighted by molar-refractivity contribution is -0.0789. The van der Waals surface area contributed by atoms with Crippen molar-refractivity contribution in [2.45, 2.75) is 13.3 Å². The van der Waals surface area contributed by atoms with Crippen molar-refractivity contribution in [3.8, 4) is 5.75 Å². The summed E-state index contributed by atoms with van der Waals surface area (Å²) in [5.74, 6) is -1.10. The predicted octanol–water partition coefficient (Wildman–Crippen LogP) is 2.00. The zero-order valence-electron chi connectivity index (χ0n) is 7.08. The largest absolute Gasteiger partial charge is 0.508 e. The number of halogens is 1. The molecule has 0 aliphatic carbocycles. The molecule has 0 heterocycles. The number of phenols is 1. The molecule has 70 valence electrons. The van der Waals surface area contributed by atoms with Gasteiger partial charge in [0.15, 0.2) is 0 Å². The molecule has 0 aliphatic rings. The van der Waals surface area contributed by atoms with Gasteiger partial charge in [0.2, 0.25) is 0 Å². The van der Waals surface area contributed by atoms with Crippen LogP contribution >= 0.6 is 0 Å². The van der Waals surface area contributed by atoms with Crippen molar-refractivity contribution in [1.29, 1.82) is 0 Å². The maximum atomic E-state index is 11.6. The van der Waals surface area contributed by atoms with E-state index in [2.05, 4.69) is 4.94 Å². The van der Waals surface area contributed by atoms with E-state index in [1.54, 1.807) is 6.92 Å². The fraction of sp³-hybridized carbons (Fsp3) is 0.222. The first-order chi connectivity index (χ1) is 6.20. The highest BCUT2D eigenvalue weighted by Gasteiger charge is 2.14. The maximum Gasteiger partial charge on any atom is 0.379 e. The Hall–Kier alpha value is -1.58. The third-order valence-electron chi connectivity index (χ3n) is 1.79. The molecule has 4 heteroatoms. The summed E-state index contributed by atoms with van der Waals surface area (Å²) in [6.45, 7) is 1.75. The lowest BCUT2D eigenvalue weighted by atomic mass is 10.0. The number of phenolic OH excluding ortho intramolecular Hbond substituents is 1. The first-order valence-corrected chi connectivity index (χ1v) is 3.84. The third-order valence-corrected chi connectivity index (χ3v) is 1.79. The zero-order valence-corrected chi connectivity index (χ0v) is 7.08. The van der Waals surface area contributed by atoms with Crippen molar-refractivity contribution in [3.63, 3.8) is 0 Å². The number of hydrogen-bond donors (Lipinski definition) is 1. The van der Waals surface area contributed by atoms with Crippen molar-refractivity contribution in [1.82, 2.24) is 0 Å². The summed E-state index contributed by atoms with van der Waals surface area (Å²) in [7, 11) is 0. The lowest BCUT2D eigenvalue weighted by Gasteiger charge is -2.05. The molecular formula is C9H9FO3. The average molecular weight is 184 g/mol. The molecule has 0 saturated carbocycles. The van der Waals surface area contributed by atoms with Gasteiger partial charge in [0.1, 0.15) is 5.75 Å². The van der Waals surface area contributed by atoms with Gasteiger partial charge in [-0.3, -0.25) is 0 Å². The normalized spacial score (nSPS) is 9.69. The molecule has 0 spiro atoms. The molecule has 0 aromatic heterocycles. The van der Waals surface area contributed by atoms with Crippen molar-refractivity contribution in [2.24, 2.45) is 0 Å². The Morgan fingerprint density at radius 3 is 2.85 bits per heavy atom. The van der Waals surface area contributed by atoms with Gasteiger partial charge in [0, 0.05) is 10.1 Å². The molecular weight excluding hydrogens is 175 g/mol. The highest BCUT2D eigenvalue weighted by Crippen LogP contribution is 2.22. The summed E-state index contributed by atoms with van der Waals surface area (Å²) in [5, 5.41) is 9.31. The van der Waals surface area contributed by atoms with E-state index >= 15 is 0 Å². The molecule has 0 radical (unpaired) electrons. The van der Waals surface area contributed by atoms with Crippen LogP contribution < -0.4 is 0 Å². The van der Waals surface area contributed by atoms with Crippen LogP contribution in [0.5, 0.6) is 5.75 Å². The summed E-state index contributed by atoms with van der Waals surface area (Å²) >= 11 is 0. The van der Waals surface area contributed by atoms with Gasteiger partial charge in [-0.25, -0.2) is 9.74 Å². The Morgan fingerprint density at radius 2 is 2.31 bits per heavy atom. The fourth-order valence-corrected chi connectivity index (χ4v) is 1.18. The highest BCUT2D eigenvalue weighted by molar-refractivity contribution is 5.91. The van der Waals surface area contributed by atoms with Crippen LogP contribution in [0.2, 0.25) is 0 Å². The number of aromatic hydroxyl groups is 1. The smallest absolute Gasteiger partial charge is 0.379 e. The van der Waals surface area contributed by atoms with Gasteiger partial charge in [-0.2, -0.15) is 0 Å². The van der Waals surface area contributed by atoms with Gasteiger partial charge in [-0.1, -0.05) is 13.0 Å². The monoisotopic (exact) mass is 184 g/mol. The van der Waals surface area contributed by atoms with Crippen molar-refractivity contribution in [3.05, 3.63) is 29.3 Å². The standard InChI is InChI=1S/C9H9FO3/c1-2-6-7(9(12)13-10)4-3-5-8(6)11/h3-5,11H,2H2,1H3. The predicted molar refractivity (Wildman–Crippen MR) is 44.0 cm³/mol. The Kier molecular flexibility index (Phi) is 2.84. The minimum atomic E-state index is -1.08. The number of hydrogen-bond acceptors (Lipinski definition) is 3. The van der Waals surface area contributed by atoms with Crippen LogP contribution in [0.3, 0.4) is 0 Å². The van der Waals surface area contributed by atoms with E-state index in [0.29, 0.717) is 12.0 Å². The summed E-state index contributed by atoms with van der Waals surface area (Å²) in [5.41, 5.74) is 0.454. The Balaban J connectivity index is 3.20. The van der Waals surface area contributed by atoms with Gasteiger partial charge in [0.25, 0.3) is 0 Å². The Labute approximate surface area is 74.7 Å². The molecule has 0 bridgehead atoms. The van der Waals surface area contributed by atoms with E-state index in [1.807, 2.05) is 0 Å². The molecule has 0 aliphatic heterocycles. The van der Waals surface area contributed by atoms with E-state index in [-0.39, 0.29) is 11.3 Å².